The number of hydrogen-bond acceptors (Lipinski definition) is 4. The predicted molar refractivity (Wildman–Crippen MR) is 114 cm³/mol. The molecular weight excluding hydrogens is 362 g/mol. The Morgan fingerprint density at radius 2 is 1.93 bits per heavy atom. The maximum Gasteiger partial charge on any atom is 0.127 e. The number of aryl methyl sites for hydroxylation is 2. The Kier molecular flexibility index (Phi) is 5.72. The topological polar surface area (TPSA) is 48.1 Å². The highest BCUT2D eigenvalue weighted by atomic mass is 16.5. The van der Waals surface area contributed by atoms with Gasteiger partial charge >= 0.3 is 0 Å². The van der Waals surface area contributed by atoms with Crippen LogP contribution in [-0.2, 0) is 26.1 Å². The summed E-state index contributed by atoms with van der Waals surface area (Å²) < 4.78 is 9.85. The van der Waals surface area contributed by atoms with Crippen LogP contribution in [0.25, 0.3) is 5.69 Å². The van der Waals surface area contributed by atoms with E-state index in [9.17, 15) is 0 Å². The van der Waals surface area contributed by atoms with Crippen LogP contribution in [0.1, 0.15) is 43.3 Å². The first kappa shape index (κ1) is 19.7. The van der Waals surface area contributed by atoms with Crippen molar-refractivity contribution in [1.29, 1.82) is 0 Å². The fourth-order valence-electron chi connectivity index (χ4n) is 4.07. The van der Waals surface area contributed by atoms with Gasteiger partial charge in [-0.2, -0.15) is 0 Å². The Labute approximate surface area is 173 Å². The van der Waals surface area contributed by atoms with Crippen LogP contribution in [-0.4, -0.2) is 37.7 Å². The van der Waals surface area contributed by atoms with Crippen LogP contribution in [0.5, 0.6) is 5.75 Å². The van der Waals surface area contributed by atoms with Gasteiger partial charge in [-0.05, 0) is 49.9 Å². The minimum absolute atomic E-state index is 0.698. The molecule has 0 amide bonds. The molecule has 1 aliphatic heterocycles. The molecule has 3 heterocycles. The van der Waals surface area contributed by atoms with Gasteiger partial charge in [0.1, 0.15) is 17.4 Å². The van der Waals surface area contributed by atoms with Gasteiger partial charge in [-0.3, -0.25) is 4.90 Å². The van der Waals surface area contributed by atoms with Crippen molar-refractivity contribution in [2.75, 3.05) is 13.7 Å². The fourth-order valence-corrected chi connectivity index (χ4v) is 4.07. The predicted octanol–water partition coefficient (Wildman–Crippen LogP) is 3.99. The molecule has 2 aromatic heterocycles. The second-order valence-corrected chi connectivity index (χ2v) is 8.26. The van der Waals surface area contributed by atoms with Crippen LogP contribution in [0.2, 0.25) is 0 Å². The van der Waals surface area contributed by atoms with E-state index in [4.69, 9.17) is 9.72 Å². The maximum absolute atomic E-state index is 5.28. The van der Waals surface area contributed by atoms with Gasteiger partial charge in [-0.25, -0.2) is 9.97 Å². The van der Waals surface area contributed by atoms with Crippen molar-refractivity contribution in [2.24, 2.45) is 5.92 Å². The Balaban J connectivity index is 1.51. The summed E-state index contributed by atoms with van der Waals surface area (Å²) >= 11 is 0. The van der Waals surface area contributed by atoms with Crippen molar-refractivity contribution in [3.8, 4) is 11.4 Å². The number of aromatic nitrogens is 4. The standard InChI is InChI=1S/C23H31N5O/c1-17(2)5-10-21-22-15-26(13-14-27(22)18(3)25-21)16-23-24-11-12-28(23)19-6-8-20(29-4)9-7-19/h6-9,11-12,17H,5,10,13-16H2,1-4H3. The molecule has 154 valence electrons. The molecule has 1 aliphatic rings. The summed E-state index contributed by atoms with van der Waals surface area (Å²) in [6.07, 6.45) is 6.16. The van der Waals surface area contributed by atoms with Crippen molar-refractivity contribution >= 4 is 0 Å². The van der Waals surface area contributed by atoms with E-state index in [-0.39, 0.29) is 0 Å². The molecule has 1 aromatic carbocycles. The summed E-state index contributed by atoms with van der Waals surface area (Å²) in [6, 6.07) is 8.12. The Hall–Kier alpha value is -2.60. The molecule has 0 atom stereocenters. The van der Waals surface area contributed by atoms with Crippen molar-refractivity contribution in [2.45, 2.75) is 53.2 Å². The molecule has 3 aromatic rings. The van der Waals surface area contributed by atoms with Gasteiger partial charge in [-0.1, -0.05) is 13.8 Å². The minimum Gasteiger partial charge on any atom is -0.497 e. The van der Waals surface area contributed by atoms with E-state index in [2.05, 4.69) is 51.9 Å². The minimum atomic E-state index is 0.698. The summed E-state index contributed by atoms with van der Waals surface area (Å²) in [5.41, 5.74) is 3.77. The largest absolute Gasteiger partial charge is 0.497 e. The molecule has 0 spiro atoms. The van der Waals surface area contributed by atoms with Crippen LogP contribution in [0.3, 0.4) is 0 Å². The first-order valence-corrected chi connectivity index (χ1v) is 10.5. The highest BCUT2D eigenvalue weighted by molar-refractivity contribution is 5.38. The van der Waals surface area contributed by atoms with Crippen LogP contribution < -0.4 is 4.74 Å². The number of nitrogens with zero attached hydrogens (tertiary/aromatic N) is 5. The van der Waals surface area contributed by atoms with Gasteiger partial charge in [-0.15, -0.1) is 0 Å². The Morgan fingerprint density at radius 1 is 1.14 bits per heavy atom. The van der Waals surface area contributed by atoms with Crippen LogP contribution >= 0.6 is 0 Å². The lowest BCUT2D eigenvalue weighted by molar-refractivity contribution is 0.205. The fraction of sp³-hybridized carbons (Fsp3) is 0.478. The van der Waals surface area contributed by atoms with Crippen molar-refractivity contribution < 1.29 is 4.74 Å². The van der Waals surface area contributed by atoms with Crippen LogP contribution in [0.4, 0.5) is 0 Å². The second kappa shape index (κ2) is 8.41. The van der Waals surface area contributed by atoms with Gasteiger partial charge < -0.3 is 13.9 Å². The van der Waals surface area contributed by atoms with E-state index >= 15 is 0 Å². The van der Waals surface area contributed by atoms with E-state index in [1.54, 1.807) is 7.11 Å². The molecule has 6 heteroatoms. The Bertz CT molecular complexity index is 954. The molecule has 0 unspecified atom stereocenters. The maximum atomic E-state index is 5.28. The number of methoxy groups -OCH3 is 1. The number of imidazole rings is 2. The second-order valence-electron chi connectivity index (χ2n) is 8.26. The number of benzene rings is 1. The normalized spacial score (nSPS) is 14.4. The van der Waals surface area contributed by atoms with Crippen LogP contribution in [0.15, 0.2) is 36.7 Å². The zero-order chi connectivity index (χ0) is 20.4. The van der Waals surface area contributed by atoms with E-state index < -0.39 is 0 Å². The van der Waals surface area contributed by atoms with Gasteiger partial charge in [0.15, 0.2) is 0 Å². The molecule has 0 saturated carbocycles. The summed E-state index contributed by atoms with van der Waals surface area (Å²) in [7, 11) is 1.69. The molecule has 0 N–H and O–H groups in total. The molecule has 0 saturated heterocycles. The third-order valence-corrected chi connectivity index (χ3v) is 5.75. The molecule has 0 radical (unpaired) electrons. The third kappa shape index (κ3) is 4.22. The van der Waals surface area contributed by atoms with E-state index in [0.29, 0.717) is 5.92 Å². The average molecular weight is 394 g/mol. The highest BCUT2D eigenvalue weighted by Crippen LogP contribution is 2.23. The third-order valence-electron chi connectivity index (χ3n) is 5.75. The SMILES string of the molecule is COc1ccc(-n2ccnc2CN2CCn3c(C)nc(CCC(C)C)c3C2)cc1. The first-order chi connectivity index (χ1) is 14.0. The lowest BCUT2D eigenvalue weighted by atomic mass is 10.0. The number of ether oxygens (including phenoxy) is 1. The molecular formula is C23H31N5O. The smallest absolute Gasteiger partial charge is 0.127 e. The van der Waals surface area contributed by atoms with E-state index in [1.165, 1.54) is 17.8 Å². The first-order valence-electron chi connectivity index (χ1n) is 10.5. The summed E-state index contributed by atoms with van der Waals surface area (Å²) in [5, 5.41) is 0. The van der Waals surface area contributed by atoms with Gasteiger partial charge in [0.05, 0.1) is 25.0 Å². The van der Waals surface area contributed by atoms with Crippen molar-refractivity contribution in [3.63, 3.8) is 0 Å². The molecule has 0 fully saturated rings. The summed E-state index contributed by atoms with van der Waals surface area (Å²) in [6.45, 7) is 10.5. The molecule has 29 heavy (non-hydrogen) atoms. The summed E-state index contributed by atoms with van der Waals surface area (Å²) in [4.78, 5) is 12.0. The molecule has 0 bridgehead atoms. The van der Waals surface area contributed by atoms with Crippen molar-refractivity contribution in [3.05, 3.63) is 59.7 Å². The molecule has 0 aliphatic carbocycles. The summed E-state index contributed by atoms with van der Waals surface area (Å²) in [5.74, 6) is 3.77. The number of rotatable bonds is 7. The van der Waals surface area contributed by atoms with Gasteiger partial charge in [0.25, 0.3) is 0 Å². The highest BCUT2D eigenvalue weighted by Gasteiger charge is 2.23. The lowest BCUT2D eigenvalue weighted by Crippen LogP contribution is -2.34. The monoisotopic (exact) mass is 393 g/mol. The number of hydrogen-bond donors (Lipinski definition) is 0. The molecule has 6 nitrogen and oxygen atoms in total. The lowest BCUT2D eigenvalue weighted by Gasteiger charge is -2.29. The van der Waals surface area contributed by atoms with Crippen LogP contribution in [0, 0.1) is 12.8 Å². The van der Waals surface area contributed by atoms with Crippen molar-refractivity contribution in [1.82, 2.24) is 24.0 Å². The van der Waals surface area contributed by atoms with Gasteiger partial charge in [0.2, 0.25) is 0 Å². The quantitative estimate of drug-likeness (QED) is 0.609. The number of fused-ring (bicyclic) bond motifs is 1. The molecule has 4 rings (SSSR count). The zero-order valence-electron chi connectivity index (χ0n) is 17.9. The van der Waals surface area contributed by atoms with E-state index in [1.807, 2.05) is 24.5 Å². The Morgan fingerprint density at radius 3 is 2.66 bits per heavy atom. The zero-order valence-corrected chi connectivity index (χ0v) is 17.9. The van der Waals surface area contributed by atoms with E-state index in [0.717, 1.165) is 55.7 Å². The average Bonchev–Trinajstić information content (AvgIpc) is 3.31. The van der Waals surface area contributed by atoms with Gasteiger partial charge in [0, 0.05) is 37.7 Å².